The maximum absolute atomic E-state index is 14.1. The Morgan fingerprint density at radius 3 is 3.00 bits per heavy atom. The van der Waals surface area contributed by atoms with E-state index in [1.165, 1.54) is 12.1 Å². The van der Waals surface area contributed by atoms with Gasteiger partial charge in [-0.2, -0.15) is 5.10 Å². The highest BCUT2D eigenvalue weighted by molar-refractivity contribution is 6.12. The first-order valence-corrected chi connectivity index (χ1v) is 8.65. The Bertz CT molecular complexity index is 819. The third-order valence-electron chi connectivity index (χ3n) is 4.14. The molecule has 3 N–H and O–H groups in total. The van der Waals surface area contributed by atoms with E-state index in [9.17, 15) is 14.0 Å². The summed E-state index contributed by atoms with van der Waals surface area (Å²) in [6.07, 6.45) is 1.84. The number of aromatic nitrogens is 2. The fourth-order valence-corrected chi connectivity index (χ4v) is 2.87. The molecule has 1 aliphatic rings. The van der Waals surface area contributed by atoms with Crippen molar-refractivity contribution in [1.82, 2.24) is 15.5 Å². The summed E-state index contributed by atoms with van der Waals surface area (Å²) >= 11 is 0. The molecule has 26 heavy (non-hydrogen) atoms. The number of benzene rings is 1. The molecule has 1 aromatic carbocycles. The van der Waals surface area contributed by atoms with Crippen LogP contribution in [-0.2, 0) is 6.42 Å². The predicted molar refractivity (Wildman–Crippen MR) is 94.2 cm³/mol. The van der Waals surface area contributed by atoms with Gasteiger partial charge in [-0.1, -0.05) is 6.92 Å². The van der Waals surface area contributed by atoms with Gasteiger partial charge in [0.2, 0.25) is 0 Å². The van der Waals surface area contributed by atoms with E-state index in [2.05, 4.69) is 20.8 Å². The fraction of sp³-hybridized carbons (Fsp3) is 0.389. The number of ketones is 1. The van der Waals surface area contributed by atoms with Gasteiger partial charge in [-0.05, 0) is 31.5 Å². The van der Waals surface area contributed by atoms with Crippen LogP contribution in [0.2, 0.25) is 0 Å². The number of ether oxygens (including phenoxy) is 1. The van der Waals surface area contributed by atoms with Crippen LogP contribution in [0, 0.1) is 5.82 Å². The molecule has 0 radical (unpaired) electrons. The van der Waals surface area contributed by atoms with Gasteiger partial charge < -0.3 is 15.4 Å². The maximum Gasteiger partial charge on any atom is 0.276 e. The average Bonchev–Trinajstić information content (AvgIpc) is 3.06. The third kappa shape index (κ3) is 3.91. The van der Waals surface area contributed by atoms with Crippen LogP contribution in [-0.4, -0.2) is 41.6 Å². The van der Waals surface area contributed by atoms with Crippen molar-refractivity contribution in [3.63, 3.8) is 0 Å². The lowest BCUT2D eigenvalue weighted by Crippen LogP contribution is -2.20. The van der Waals surface area contributed by atoms with Crippen LogP contribution in [0.4, 0.5) is 10.1 Å². The zero-order chi connectivity index (χ0) is 18.5. The molecule has 0 saturated heterocycles. The maximum atomic E-state index is 14.1. The number of carbonyl (C=O) groups excluding carboxylic acids is 2. The number of carbonyl (C=O) groups is 2. The number of aromatic amines is 1. The van der Waals surface area contributed by atoms with Gasteiger partial charge in [0, 0.05) is 30.4 Å². The molecule has 0 spiro atoms. The summed E-state index contributed by atoms with van der Waals surface area (Å²) in [5.41, 5.74) is 1.35. The second-order valence-electron chi connectivity index (χ2n) is 6.00. The lowest BCUT2D eigenvalue weighted by Gasteiger charge is -2.11. The summed E-state index contributed by atoms with van der Waals surface area (Å²) in [7, 11) is 0. The van der Waals surface area contributed by atoms with E-state index in [0.29, 0.717) is 37.3 Å². The minimum Gasteiger partial charge on any atom is -0.489 e. The van der Waals surface area contributed by atoms with Crippen molar-refractivity contribution in [3.05, 3.63) is 41.0 Å². The van der Waals surface area contributed by atoms with E-state index < -0.39 is 11.7 Å². The largest absolute Gasteiger partial charge is 0.489 e. The van der Waals surface area contributed by atoms with Crippen LogP contribution in [0.15, 0.2) is 18.2 Å². The minimum atomic E-state index is -0.570. The van der Waals surface area contributed by atoms with Gasteiger partial charge in [0.25, 0.3) is 5.91 Å². The van der Waals surface area contributed by atoms with Gasteiger partial charge >= 0.3 is 0 Å². The van der Waals surface area contributed by atoms with Crippen molar-refractivity contribution in [2.75, 3.05) is 25.0 Å². The summed E-state index contributed by atoms with van der Waals surface area (Å²) in [5.74, 6) is -1.09. The van der Waals surface area contributed by atoms with Gasteiger partial charge in [0.05, 0.1) is 5.56 Å². The van der Waals surface area contributed by atoms with E-state index in [1.54, 1.807) is 6.07 Å². The summed E-state index contributed by atoms with van der Waals surface area (Å²) in [4.78, 5) is 24.5. The molecular weight excluding hydrogens is 339 g/mol. The molecule has 1 heterocycles. The molecule has 2 aromatic rings. The van der Waals surface area contributed by atoms with Gasteiger partial charge in [-0.3, -0.25) is 14.7 Å². The highest BCUT2D eigenvalue weighted by atomic mass is 19.1. The number of hydrogen-bond acceptors (Lipinski definition) is 5. The average molecular weight is 360 g/mol. The number of aryl methyl sites for hydroxylation is 1. The van der Waals surface area contributed by atoms with Crippen LogP contribution < -0.4 is 15.4 Å². The van der Waals surface area contributed by atoms with Gasteiger partial charge in [0.1, 0.15) is 6.61 Å². The third-order valence-corrected chi connectivity index (χ3v) is 4.14. The molecule has 8 heteroatoms. The van der Waals surface area contributed by atoms with Crippen molar-refractivity contribution < 1.29 is 18.7 Å². The van der Waals surface area contributed by atoms with Crippen molar-refractivity contribution in [2.45, 2.75) is 26.2 Å². The molecule has 0 bridgehead atoms. The van der Waals surface area contributed by atoms with E-state index >= 15 is 0 Å². The predicted octanol–water partition coefficient (Wildman–Crippen LogP) is 2.31. The number of amides is 1. The molecule has 1 aliphatic carbocycles. The molecule has 7 nitrogen and oxygen atoms in total. The van der Waals surface area contributed by atoms with E-state index in [4.69, 9.17) is 4.74 Å². The SMILES string of the molecule is CCNCCOc1ccc(NC(=O)c2n[nH]c3c2C(=O)CCC3)cc1F. The summed E-state index contributed by atoms with van der Waals surface area (Å²) < 4.78 is 19.5. The number of halogens is 1. The number of H-pyrrole nitrogens is 1. The lowest BCUT2D eigenvalue weighted by atomic mass is 9.94. The normalized spacial score (nSPS) is 13.4. The van der Waals surface area contributed by atoms with Crippen LogP contribution in [0.5, 0.6) is 5.75 Å². The molecule has 0 aliphatic heterocycles. The first kappa shape index (κ1) is 18.1. The molecule has 1 aromatic heterocycles. The monoisotopic (exact) mass is 360 g/mol. The van der Waals surface area contributed by atoms with Crippen molar-refractivity contribution in [2.24, 2.45) is 0 Å². The summed E-state index contributed by atoms with van der Waals surface area (Å²) in [6, 6.07) is 4.19. The molecule has 0 atom stereocenters. The topological polar surface area (TPSA) is 96.1 Å². The van der Waals surface area contributed by atoms with Crippen LogP contribution in [0.25, 0.3) is 0 Å². The van der Waals surface area contributed by atoms with Crippen molar-refractivity contribution >= 4 is 17.4 Å². The second kappa shape index (κ2) is 8.09. The second-order valence-corrected chi connectivity index (χ2v) is 6.00. The van der Waals surface area contributed by atoms with Gasteiger partial charge in [-0.25, -0.2) is 4.39 Å². The van der Waals surface area contributed by atoms with Crippen LogP contribution in [0.1, 0.15) is 46.3 Å². The number of nitrogens with one attached hydrogen (secondary N) is 3. The molecule has 0 fully saturated rings. The molecule has 3 rings (SSSR count). The number of rotatable bonds is 7. The van der Waals surface area contributed by atoms with Crippen molar-refractivity contribution in [3.8, 4) is 5.75 Å². The number of anilines is 1. The zero-order valence-corrected chi connectivity index (χ0v) is 14.5. The number of fused-ring (bicyclic) bond motifs is 1. The Morgan fingerprint density at radius 2 is 2.23 bits per heavy atom. The molecule has 0 saturated carbocycles. The van der Waals surface area contributed by atoms with E-state index in [-0.39, 0.29) is 22.9 Å². The first-order chi connectivity index (χ1) is 12.6. The Hall–Kier alpha value is -2.74. The molecule has 138 valence electrons. The van der Waals surface area contributed by atoms with Crippen LogP contribution >= 0.6 is 0 Å². The summed E-state index contributed by atoms with van der Waals surface area (Å²) in [5, 5.41) is 12.4. The lowest BCUT2D eigenvalue weighted by molar-refractivity contribution is 0.0955. The smallest absolute Gasteiger partial charge is 0.276 e. The first-order valence-electron chi connectivity index (χ1n) is 8.65. The Kier molecular flexibility index (Phi) is 5.62. The highest BCUT2D eigenvalue weighted by Crippen LogP contribution is 2.24. The zero-order valence-electron chi connectivity index (χ0n) is 14.5. The van der Waals surface area contributed by atoms with E-state index in [0.717, 1.165) is 13.0 Å². The highest BCUT2D eigenvalue weighted by Gasteiger charge is 2.27. The quantitative estimate of drug-likeness (QED) is 0.659. The standard InChI is InChI=1S/C18H21FN4O3/c1-2-20-8-9-26-15-7-6-11(10-12(15)19)21-18(25)17-16-13(22-23-17)4-3-5-14(16)24/h6-7,10,20H,2-5,8-9H2,1H3,(H,21,25)(H,22,23). The van der Waals surface area contributed by atoms with Crippen molar-refractivity contribution in [1.29, 1.82) is 0 Å². The number of hydrogen-bond donors (Lipinski definition) is 3. The van der Waals surface area contributed by atoms with E-state index in [1.807, 2.05) is 6.92 Å². The molecule has 1 amide bonds. The Morgan fingerprint density at radius 1 is 1.38 bits per heavy atom. The van der Waals surface area contributed by atoms with Gasteiger partial charge in [-0.15, -0.1) is 0 Å². The number of Topliss-reactive ketones (excluding diaryl/α,β-unsaturated/α-hetero) is 1. The Balaban J connectivity index is 1.68. The van der Waals surface area contributed by atoms with Crippen LogP contribution in [0.3, 0.4) is 0 Å². The van der Waals surface area contributed by atoms with Gasteiger partial charge in [0.15, 0.2) is 23.0 Å². The fourth-order valence-electron chi connectivity index (χ4n) is 2.87. The minimum absolute atomic E-state index is 0.0519. The Labute approximate surface area is 150 Å². The molecular formula is C18H21FN4O3. The summed E-state index contributed by atoms with van der Waals surface area (Å²) in [6.45, 7) is 3.75. The number of likely N-dealkylation sites (N-methyl/N-ethyl adjacent to an activating group) is 1. The molecule has 0 unspecified atom stereocenters. The number of nitrogens with zero attached hydrogens (tertiary/aromatic N) is 1.